The van der Waals surface area contributed by atoms with Crippen LogP contribution in [0.4, 0.5) is 0 Å². The quantitative estimate of drug-likeness (QED) is 0.883. The molecule has 1 heterocycles. The molecule has 0 unspecified atom stereocenters. The number of nitrogens with one attached hydrogen (secondary N) is 1. The zero-order valence-electron chi connectivity index (χ0n) is 13.1. The lowest BCUT2D eigenvalue weighted by molar-refractivity contribution is -0.191. The topological polar surface area (TPSA) is 84.9 Å². The Labute approximate surface area is 129 Å². The maximum absolute atomic E-state index is 8.12. The molecule has 0 aliphatic rings. The largest absolute Gasteiger partial charge is 0.436 e. The summed E-state index contributed by atoms with van der Waals surface area (Å²) < 4.78 is 5.74. The van der Waals surface area contributed by atoms with Crippen LogP contribution in [0.1, 0.15) is 50.8 Å². The number of benzene rings is 1. The van der Waals surface area contributed by atoms with Crippen molar-refractivity contribution in [2.24, 2.45) is 0 Å². The predicted molar refractivity (Wildman–Crippen MR) is 80.6 cm³/mol. The number of nitrogens with zero attached hydrogens (tertiary/aromatic N) is 2. The van der Waals surface area contributed by atoms with E-state index in [9.17, 15) is 0 Å². The monoisotopic (exact) mass is 303 g/mol. The van der Waals surface area contributed by atoms with Crippen LogP contribution < -0.4 is 4.74 Å². The lowest BCUT2D eigenvalue weighted by atomic mass is 9.94. The second-order valence-corrected chi connectivity index (χ2v) is 4.70. The van der Waals surface area contributed by atoms with Gasteiger partial charge >= 0.3 is 6.15 Å². The number of carbonyl (C=O) groups excluding carboxylic acids is 2. The third kappa shape index (κ3) is 4.82. The van der Waals surface area contributed by atoms with Gasteiger partial charge < -0.3 is 4.74 Å². The van der Waals surface area contributed by atoms with Crippen LogP contribution in [0.2, 0.25) is 0 Å². The van der Waals surface area contributed by atoms with Gasteiger partial charge in [-0.2, -0.15) is 19.9 Å². The summed E-state index contributed by atoms with van der Waals surface area (Å²) in [6.07, 6.45) is 3.39. The molecular formula is C16H21N3O3. The zero-order valence-corrected chi connectivity index (χ0v) is 13.1. The van der Waals surface area contributed by atoms with Crippen molar-refractivity contribution in [1.82, 2.24) is 15.4 Å². The van der Waals surface area contributed by atoms with E-state index >= 15 is 0 Å². The molecular weight excluding hydrogens is 282 g/mol. The molecule has 0 saturated carbocycles. The van der Waals surface area contributed by atoms with Gasteiger partial charge in [0.05, 0.1) is 0 Å². The molecule has 22 heavy (non-hydrogen) atoms. The number of aromatic amines is 1. The van der Waals surface area contributed by atoms with Gasteiger partial charge in [-0.15, -0.1) is 5.10 Å². The minimum Gasteiger partial charge on any atom is -0.436 e. The molecule has 1 aromatic heterocycles. The summed E-state index contributed by atoms with van der Waals surface area (Å²) in [5, 5.41) is 10.6. The van der Waals surface area contributed by atoms with E-state index in [4.69, 9.17) is 14.3 Å². The van der Waals surface area contributed by atoms with Crippen LogP contribution in [0.15, 0.2) is 24.3 Å². The second-order valence-electron chi connectivity index (χ2n) is 4.70. The third-order valence-corrected chi connectivity index (χ3v) is 3.47. The van der Waals surface area contributed by atoms with Crippen LogP contribution in [-0.2, 0) is 16.0 Å². The van der Waals surface area contributed by atoms with Crippen molar-refractivity contribution in [3.63, 3.8) is 0 Å². The molecule has 1 N–H and O–H groups in total. The van der Waals surface area contributed by atoms with Gasteiger partial charge in [-0.3, -0.25) is 0 Å². The Kier molecular flexibility index (Phi) is 7.57. The fourth-order valence-electron chi connectivity index (χ4n) is 2.23. The van der Waals surface area contributed by atoms with Crippen molar-refractivity contribution < 1.29 is 14.3 Å². The first-order chi connectivity index (χ1) is 10.7. The first kappa shape index (κ1) is 17.6. The summed E-state index contributed by atoms with van der Waals surface area (Å²) in [6, 6.07) is 8.28. The SMILES string of the molecule is CCc1n[nH]nc1Oc1ccc(C(CC)CC)cc1.O=C=O. The summed E-state index contributed by atoms with van der Waals surface area (Å²) in [7, 11) is 0. The average Bonchev–Trinajstić information content (AvgIpc) is 2.98. The number of aromatic nitrogens is 3. The van der Waals surface area contributed by atoms with Crippen molar-refractivity contribution in [3.05, 3.63) is 35.5 Å². The van der Waals surface area contributed by atoms with Crippen LogP contribution in [0, 0.1) is 0 Å². The fraction of sp³-hybridized carbons (Fsp3) is 0.438. The van der Waals surface area contributed by atoms with Gasteiger partial charge in [0, 0.05) is 0 Å². The van der Waals surface area contributed by atoms with Crippen LogP contribution in [0.3, 0.4) is 0 Å². The Morgan fingerprint density at radius 2 is 1.68 bits per heavy atom. The minimum atomic E-state index is 0.250. The van der Waals surface area contributed by atoms with Gasteiger partial charge in [0.15, 0.2) is 0 Å². The number of ether oxygens (including phenoxy) is 1. The highest BCUT2D eigenvalue weighted by atomic mass is 16.5. The van der Waals surface area contributed by atoms with E-state index in [1.165, 1.54) is 18.4 Å². The molecule has 0 aliphatic heterocycles. The molecule has 0 amide bonds. The van der Waals surface area contributed by atoms with E-state index in [0.29, 0.717) is 11.8 Å². The molecule has 0 radical (unpaired) electrons. The fourth-order valence-corrected chi connectivity index (χ4v) is 2.23. The standard InChI is InChI=1S/C15H21N3O.CO2/c1-4-11(5-2)12-7-9-13(10-8-12)19-15-14(6-3)16-18-17-15;2-1-3/h7-11H,4-6H2,1-3H3,(H,16,17,18);. The third-order valence-electron chi connectivity index (χ3n) is 3.47. The van der Waals surface area contributed by atoms with Crippen molar-refractivity contribution in [1.29, 1.82) is 0 Å². The Morgan fingerprint density at radius 3 is 2.18 bits per heavy atom. The van der Waals surface area contributed by atoms with Crippen LogP contribution in [0.5, 0.6) is 11.6 Å². The van der Waals surface area contributed by atoms with Crippen molar-refractivity contribution in [3.8, 4) is 11.6 Å². The van der Waals surface area contributed by atoms with Gasteiger partial charge in [0.25, 0.3) is 5.88 Å². The highest BCUT2D eigenvalue weighted by molar-refractivity contribution is 5.32. The molecule has 0 atom stereocenters. The van der Waals surface area contributed by atoms with Crippen molar-refractivity contribution in [2.75, 3.05) is 0 Å². The molecule has 1 aromatic carbocycles. The van der Waals surface area contributed by atoms with Gasteiger partial charge in [-0.05, 0) is 42.9 Å². The first-order valence-electron chi connectivity index (χ1n) is 7.36. The van der Waals surface area contributed by atoms with Crippen molar-refractivity contribution >= 4 is 6.15 Å². The number of H-pyrrole nitrogens is 1. The zero-order chi connectivity index (χ0) is 16.4. The van der Waals surface area contributed by atoms with Crippen molar-refractivity contribution in [2.45, 2.75) is 46.0 Å². The Bertz CT molecular complexity index is 583. The molecule has 0 fully saturated rings. The molecule has 118 valence electrons. The molecule has 0 aliphatic carbocycles. The van der Waals surface area contributed by atoms with Crippen LogP contribution >= 0.6 is 0 Å². The van der Waals surface area contributed by atoms with E-state index in [-0.39, 0.29) is 6.15 Å². The molecule has 6 heteroatoms. The maximum Gasteiger partial charge on any atom is 0.373 e. The number of hydrogen-bond donors (Lipinski definition) is 1. The summed E-state index contributed by atoms with van der Waals surface area (Å²) in [5.74, 6) is 2.00. The second kappa shape index (κ2) is 9.47. The van der Waals surface area contributed by atoms with E-state index in [2.05, 4.69) is 41.4 Å². The van der Waals surface area contributed by atoms with Gasteiger partial charge in [0.1, 0.15) is 11.4 Å². The molecule has 2 rings (SSSR count). The molecule has 2 aromatic rings. The number of aryl methyl sites for hydroxylation is 1. The summed E-state index contributed by atoms with van der Waals surface area (Å²) >= 11 is 0. The minimum absolute atomic E-state index is 0.250. The van der Waals surface area contributed by atoms with E-state index in [1.54, 1.807) is 0 Å². The molecule has 0 saturated heterocycles. The maximum atomic E-state index is 8.12. The Morgan fingerprint density at radius 1 is 1.09 bits per heavy atom. The molecule has 0 bridgehead atoms. The van der Waals surface area contributed by atoms with Crippen LogP contribution in [-0.4, -0.2) is 21.6 Å². The van der Waals surface area contributed by atoms with Gasteiger partial charge in [0.2, 0.25) is 0 Å². The van der Waals surface area contributed by atoms with Gasteiger partial charge in [-0.25, -0.2) is 0 Å². The summed E-state index contributed by atoms with van der Waals surface area (Å²) in [6.45, 7) is 6.48. The lowest BCUT2D eigenvalue weighted by Crippen LogP contribution is -1.95. The van der Waals surface area contributed by atoms with E-state index < -0.39 is 0 Å². The first-order valence-corrected chi connectivity index (χ1v) is 7.36. The number of hydrogen-bond acceptors (Lipinski definition) is 5. The Hall–Kier alpha value is -2.46. The van der Waals surface area contributed by atoms with E-state index in [1.807, 2.05) is 19.1 Å². The van der Waals surface area contributed by atoms with Crippen LogP contribution in [0.25, 0.3) is 0 Å². The Balaban J connectivity index is 0.000000745. The number of rotatable bonds is 6. The highest BCUT2D eigenvalue weighted by Gasteiger charge is 2.10. The molecule has 0 spiro atoms. The summed E-state index contributed by atoms with van der Waals surface area (Å²) in [4.78, 5) is 16.2. The average molecular weight is 303 g/mol. The smallest absolute Gasteiger partial charge is 0.373 e. The predicted octanol–water partition coefficient (Wildman–Crippen LogP) is 3.48. The lowest BCUT2D eigenvalue weighted by Gasteiger charge is -2.13. The molecule has 6 nitrogen and oxygen atoms in total. The highest BCUT2D eigenvalue weighted by Crippen LogP contribution is 2.27. The summed E-state index contributed by atoms with van der Waals surface area (Å²) in [5.41, 5.74) is 2.22. The van der Waals surface area contributed by atoms with E-state index in [0.717, 1.165) is 17.9 Å². The van der Waals surface area contributed by atoms with Gasteiger partial charge in [-0.1, -0.05) is 32.9 Å². The normalized spacial score (nSPS) is 9.82.